The molecule has 0 unspecified atom stereocenters. The number of rotatable bonds is 3. The molecule has 8 heteroatoms. The maximum absolute atomic E-state index is 14.0. The molecule has 0 spiro atoms. The van der Waals surface area contributed by atoms with Crippen molar-refractivity contribution in [3.63, 3.8) is 0 Å². The number of anilines is 1. The fraction of sp³-hybridized carbons (Fsp3) is 0.462. The second-order valence-electron chi connectivity index (χ2n) is 4.95. The standard InChI is InChI=1S/C13H15FN6O/c1-19-12(16-10(8-21)18-19)11-9(14)7-15-13(17-11)20-5-3-2-4-6-20/h7-8H,2-6H2,1H3. The molecule has 3 rings (SSSR count). The molecule has 0 atom stereocenters. The summed E-state index contributed by atoms with van der Waals surface area (Å²) in [6.07, 6.45) is 5.01. The van der Waals surface area contributed by atoms with E-state index in [1.54, 1.807) is 7.05 Å². The predicted molar refractivity (Wildman–Crippen MR) is 73.4 cm³/mol. The first-order chi connectivity index (χ1) is 10.2. The molecule has 1 aliphatic rings. The molecule has 0 bridgehead atoms. The van der Waals surface area contributed by atoms with E-state index >= 15 is 0 Å². The second kappa shape index (κ2) is 5.55. The van der Waals surface area contributed by atoms with E-state index in [2.05, 4.69) is 20.1 Å². The van der Waals surface area contributed by atoms with Crippen LogP contribution < -0.4 is 4.90 Å². The van der Waals surface area contributed by atoms with Crippen molar-refractivity contribution in [3.05, 3.63) is 17.8 Å². The van der Waals surface area contributed by atoms with Crippen molar-refractivity contribution in [2.24, 2.45) is 7.05 Å². The van der Waals surface area contributed by atoms with Crippen LogP contribution in [0.25, 0.3) is 11.5 Å². The smallest absolute Gasteiger partial charge is 0.226 e. The van der Waals surface area contributed by atoms with Gasteiger partial charge in [-0.1, -0.05) is 0 Å². The van der Waals surface area contributed by atoms with Crippen LogP contribution in [0.1, 0.15) is 29.9 Å². The number of carbonyl (C=O) groups excluding carboxylic acids is 1. The summed E-state index contributed by atoms with van der Waals surface area (Å²) in [5.41, 5.74) is 0.0636. The first kappa shape index (κ1) is 13.6. The molecule has 2 aromatic heterocycles. The summed E-state index contributed by atoms with van der Waals surface area (Å²) in [5.74, 6) is 0.130. The van der Waals surface area contributed by atoms with E-state index in [1.165, 1.54) is 11.1 Å². The number of aldehydes is 1. The Hall–Kier alpha value is -2.38. The van der Waals surface area contributed by atoms with Crippen molar-refractivity contribution in [1.82, 2.24) is 24.7 Å². The predicted octanol–water partition coefficient (Wildman–Crippen LogP) is 1.21. The molecule has 2 aromatic rings. The van der Waals surface area contributed by atoms with Gasteiger partial charge in [-0.05, 0) is 19.3 Å². The lowest BCUT2D eigenvalue weighted by Gasteiger charge is -2.26. The Balaban J connectivity index is 2.00. The maximum atomic E-state index is 14.0. The maximum Gasteiger partial charge on any atom is 0.226 e. The Labute approximate surface area is 120 Å². The fourth-order valence-electron chi connectivity index (χ4n) is 2.42. The van der Waals surface area contributed by atoms with Gasteiger partial charge in [0.25, 0.3) is 0 Å². The normalized spacial score (nSPS) is 15.2. The summed E-state index contributed by atoms with van der Waals surface area (Å²) < 4.78 is 15.3. The number of piperidine rings is 1. The van der Waals surface area contributed by atoms with Crippen LogP contribution in [-0.4, -0.2) is 44.1 Å². The fourth-order valence-corrected chi connectivity index (χ4v) is 2.42. The summed E-state index contributed by atoms with van der Waals surface area (Å²) in [5, 5.41) is 3.89. The van der Waals surface area contributed by atoms with Gasteiger partial charge in [0, 0.05) is 20.1 Å². The number of nitrogens with zero attached hydrogens (tertiary/aromatic N) is 6. The topological polar surface area (TPSA) is 76.8 Å². The monoisotopic (exact) mass is 290 g/mol. The molecule has 1 fully saturated rings. The van der Waals surface area contributed by atoms with Crippen LogP contribution in [-0.2, 0) is 7.05 Å². The van der Waals surface area contributed by atoms with Gasteiger partial charge in [0.15, 0.2) is 17.9 Å². The van der Waals surface area contributed by atoms with Crippen LogP contribution in [0, 0.1) is 5.82 Å². The van der Waals surface area contributed by atoms with Crippen LogP contribution in [0.2, 0.25) is 0 Å². The largest absolute Gasteiger partial charge is 0.341 e. The number of carbonyl (C=O) groups is 1. The SMILES string of the molecule is Cn1nc(C=O)nc1-c1nc(N2CCCCC2)ncc1F. The molecule has 0 radical (unpaired) electrons. The lowest BCUT2D eigenvalue weighted by molar-refractivity contribution is 0.111. The number of aryl methyl sites for hydroxylation is 1. The van der Waals surface area contributed by atoms with Gasteiger partial charge < -0.3 is 4.90 Å². The van der Waals surface area contributed by atoms with Gasteiger partial charge in [0.1, 0.15) is 5.69 Å². The van der Waals surface area contributed by atoms with Crippen LogP contribution in [0.15, 0.2) is 6.20 Å². The van der Waals surface area contributed by atoms with E-state index < -0.39 is 5.82 Å². The number of aromatic nitrogens is 5. The molecule has 0 N–H and O–H groups in total. The molecular formula is C13H15FN6O. The Kier molecular flexibility index (Phi) is 3.59. The minimum atomic E-state index is -0.580. The van der Waals surface area contributed by atoms with Gasteiger partial charge in [-0.15, -0.1) is 5.10 Å². The van der Waals surface area contributed by atoms with Crippen molar-refractivity contribution >= 4 is 12.2 Å². The van der Waals surface area contributed by atoms with Crippen LogP contribution in [0.3, 0.4) is 0 Å². The summed E-state index contributed by atoms with van der Waals surface area (Å²) in [4.78, 5) is 25.1. The molecule has 7 nitrogen and oxygen atoms in total. The average molecular weight is 290 g/mol. The van der Waals surface area contributed by atoms with Crippen molar-refractivity contribution in [2.75, 3.05) is 18.0 Å². The van der Waals surface area contributed by atoms with Gasteiger partial charge in [-0.3, -0.25) is 4.79 Å². The average Bonchev–Trinajstić information content (AvgIpc) is 2.90. The van der Waals surface area contributed by atoms with Gasteiger partial charge >= 0.3 is 0 Å². The van der Waals surface area contributed by atoms with E-state index in [-0.39, 0.29) is 17.3 Å². The molecule has 0 saturated carbocycles. The third-order valence-corrected chi connectivity index (χ3v) is 3.47. The molecule has 110 valence electrons. The summed E-state index contributed by atoms with van der Waals surface area (Å²) >= 11 is 0. The highest BCUT2D eigenvalue weighted by molar-refractivity contribution is 5.70. The van der Waals surface area contributed by atoms with E-state index in [4.69, 9.17) is 0 Å². The quantitative estimate of drug-likeness (QED) is 0.791. The van der Waals surface area contributed by atoms with E-state index in [9.17, 15) is 9.18 Å². The molecule has 0 aromatic carbocycles. The Morgan fingerprint density at radius 2 is 2.00 bits per heavy atom. The van der Waals surface area contributed by atoms with Gasteiger partial charge in [0.2, 0.25) is 11.8 Å². The summed E-state index contributed by atoms with van der Waals surface area (Å²) in [7, 11) is 1.59. The highest BCUT2D eigenvalue weighted by Crippen LogP contribution is 2.22. The van der Waals surface area contributed by atoms with Crippen LogP contribution in [0.5, 0.6) is 0 Å². The minimum absolute atomic E-state index is 0.00466. The Morgan fingerprint density at radius 1 is 1.24 bits per heavy atom. The Morgan fingerprint density at radius 3 is 2.67 bits per heavy atom. The molecule has 0 amide bonds. The van der Waals surface area contributed by atoms with Crippen molar-refractivity contribution in [3.8, 4) is 11.5 Å². The zero-order valence-electron chi connectivity index (χ0n) is 11.7. The third-order valence-electron chi connectivity index (χ3n) is 3.47. The molecule has 0 aliphatic carbocycles. The minimum Gasteiger partial charge on any atom is -0.341 e. The lowest BCUT2D eigenvalue weighted by atomic mass is 10.1. The summed E-state index contributed by atoms with van der Waals surface area (Å²) in [6, 6.07) is 0. The van der Waals surface area contributed by atoms with Crippen molar-refractivity contribution in [2.45, 2.75) is 19.3 Å². The zero-order valence-corrected chi connectivity index (χ0v) is 11.7. The number of halogens is 1. The van der Waals surface area contributed by atoms with Crippen LogP contribution >= 0.6 is 0 Å². The lowest BCUT2D eigenvalue weighted by Crippen LogP contribution is -2.31. The second-order valence-corrected chi connectivity index (χ2v) is 4.95. The first-order valence-electron chi connectivity index (χ1n) is 6.83. The first-order valence-corrected chi connectivity index (χ1v) is 6.83. The van der Waals surface area contributed by atoms with E-state index in [1.807, 2.05) is 4.90 Å². The van der Waals surface area contributed by atoms with E-state index in [0.717, 1.165) is 32.1 Å². The zero-order chi connectivity index (χ0) is 14.8. The van der Waals surface area contributed by atoms with Gasteiger partial charge in [-0.25, -0.2) is 24.0 Å². The number of hydrogen-bond acceptors (Lipinski definition) is 6. The highest BCUT2D eigenvalue weighted by Gasteiger charge is 2.20. The summed E-state index contributed by atoms with van der Waals surface area (Å²) in [6.45, 7) is 1.73. The van der Waals surface area contributed by atoms with E-state index in [0.29, 0.717) is 12.2 Å². The molecule has 1 saturated heterocycles. The van der Waals surface area contributed by atoms with Crippen LogP contribution in [0.4, 0.5) is 10.3 Å². The molecule has 21 heavy (non-hydrogen) atoms. The third kappa shape index (κ3) is 2.61. The number of hydrogen-bond donors (Lipinski definition) is 0. The Bertz CT molecular complexity index is 665. The van der Waals surface area contributed by atoms with Crippen molar-refractivity contribution < 1.29 is 9.18 Å². The molecule has 1 aliphatic heterocycles. The highest BCUT2D eigenvalue weighted by atomic mass is 19.1. The van der Waals surface area contributed by atoms with Gasteiger partial charge in [0.05, 0.1) is 6.20 Å². The van der Waals surface area contributed by atoms with Crippen molar-refractivity contribution in [1.29, 1.82) is 0 Å². The molecule has 3 heterocycles. The van der Waals surface area contributed by atoms with Gasteiger partial charge in [-0.2, -0.15) is 0 Å². The molecular weight excluding hydrogens is 275 g/mol.